The standard InChI is InChI=1S/C22H17F3N2O2/c1-29-19-10-8-18(9-11-19)27-20-12-7-17(13-15(20)14-26-27)21(28,22(23,24)25)16-5-3-2-4-6-16/h2-14,28H,1H3. The molecule has 0 saturated carbocycles. The molecular weight excluding hydrogens is 381 g/mol. The number of rotatable bonds is 4. The Hall–Kier alpha value is -3.32. The molecule has 29 heavy (non-hydrogen) atoms. The van der Waals surface area contributed by atoms with E-state index in [0.29, 0.717) is 16.7 Å². The molecular formula is C22H17F3N2O2. The van der Waals surface area contributed by atoms with Crippen molar-refractivity contribution < 1.29 is 23.0 Å². The summed E-state index contributed by atoms with van der Waals surface area (Å²) in [6, 6.07) is 18.3. The summed E-state index contributed by atoms with van der Waals surface area (Å²) in [6.07, 6.45) is -3.42. The first-order valence-corrected chi connectivity index (χ1v) is 8.82. The molecule has 4 aromatic rings. The van der Waals surface area contributed by atoms with E-state index in [9.17, 15) is 18.3 Å². The van der Waals surface area contributed by atoms with Gasteiger partial charge in [0.2, 0.25) is 5.60 Å². The van der Waals surface area contributed by atoms with Gasteiger partial charge in [-0.3, -0.25) is 0 Å². The Morgan fingerprint density at radius 3 is 2.21 bits per heavy atom. The highest BCUT2D eigenvalue weighted by molar-refractivity contribution is 5.81. The van der Waals surface area contributed by atoms with Crippen LogP contribution in [-0.4, -0.2) is 28.2 Å². The third-order valence-electron chi connectivity index (χ3n) is 4.90. The lowest BCUT2D eigenvalue weighted by atomic mass is 9.85. The number of nitrogens with zero attached hydrogens (tertiary/aromatic N) is 2. The van der Waals surface area contributed by atoms with Gasteiger partial charge in [0.1, 0.15) is 5.75 Å². The maximum atomic E-state index is 13.9. The van der Waals surface area contributed by atoms with Gasteiger partial charge in [0.25, 0.3) is 0 Å². The number of hydrogen-bond acceptors (Lipinski definition) is 3. The van der Waals surface area contributed by atoms with Crippen LogP contribution in [0.25, 0.3) is 16.6 Å². The number of aliphatic hydroxyl groups is 1. The Morgan fingerprint density at radius 2 is 1.59 bits per heavy atom. The monoisotopic (exact) mass is 398 g/mol. The van der Waals surface area contributed by atoms with Crippen molar-refractivity contribution in [3.63, 3.8) is 0 Å². The number of hydrogen-bond donors (Lipinski definition) is 1. The fourth-order valence-electron chi connectivity index (χ4n) is 3.36. The number of alkyl halides is 3. The zero-order valence-electron chi connectivity index (χ0n) is 15.4. The van der Waals surface area contributed by atoms with Crippen LogP contribution in [0, 0.1) is 0 Å². The van der Waals surface area contributed by atoms with E-state index in [-0.39, 0.29) is 11.1 Å². The molecule has 7 heteroatoms. The third-order valence-corrected chi connectivity index (χ3v) is 4.90. The summed E-state index contributed by atoms with van der Waals surface area (Å²) >= 11 is 0. The molecule has 1 atom stereocenters. The summed E-state index contributed by atoms with van der Waals surface area (Å²) in [7, 11) is 1.56. The number of benzene rings is 3. The average Bonchev–Trinajstić information content (AvgIpc) is 3.16. The molecule has 3 aromatic carbocycles. The van der Waals surface area contributed by atoms with Crippen molar-refractivity contribution in [1.82, 2.24) is 9.78 Å². The van der Waals surface area contributed by atoms with E-state index >= 15 is 0 Å². The van der Waals surface area contributed by atoms with Crippen LogP contribution in [0.2, 0.25) is 0 Å². The topological polar surface area (TPSA) is 47.3 Å². The minimum absolute atomic E-state index is 0.241. The van der Waals surface area contributed by atoms with Crippen LogP contribution in [-0.2, 0) is 5.60 Å². The van der Waals surface area contributed by atoms with Crippen molar-refractivity contribution in [1.29, 1.82) is 0 Å². The van der Waals surface area contributed by atoms with Gasteiger partial charge in [0.15, 0.2) is 0 Å². The van der Waals surface area contributed by atoms with E-state index in [1.165, 1.54) is 48.7 Å². The predicted molar refractivity (Wildman–Crippen MR) is 103 cm³/mol. The first-order chi connectivity index (χ1) is 13.8. The Labute approximate surface area is 164 Å². The zero-order valence-corrected chi connectivity index (χ0v) is 15.4. The minimum atomic E-state index is -4.89. The Bertz CT molecular complexity index is 1140. The lowest BCUT2D eigenvalue weighted by Gasteiger charge is -2.31. The van der Waals surface area contributed by atoms with E-state index in [1.807, 2.05) is 0 Å². The minimum Gasteiger partial charge on any atom is -0.497 e. The van der Waals surface area contributed by atoms with E-state index in [1.54, 1.807) is 42.1 Å². The number of aromatic nitrogens is 2. The van der Waals surface area contributed by atoms with E-state index in [2.05, 4.69) is 5.10 Å². The highest BCUT2D eigenvalue weighted by Crippen LogP contribution is 2.44. The van der Waals surface area contributed by atoms with Gasteiger partial charge in [-0.1, -0.05) is 36.4 Å². The average molecular weight is 398 g/mol. The summed E-state index contributed by atoms with van der Waals surface area (Å²) in [5.74, 6) is 0.686. The van der Waals surface area contributed by atoms with Gasteiger partial charge in [-0.25, -0.2) is 4.68 Å². The molecule has 148 valence electrons. The van der Waals surface area contributed by atoms with Gasteiger partial charge in [-0.2, -0.15) is 18.3 Å². The van der Waals surface area contributed by atoms with E-state index < -0.39 is 11.8 Å². The normalized spacial score (nSPS) is 14.0. The molecule has 4 nitrogen and oxygen atoms in total. The second-order valence-corrected chi connectivity index (χ2v) is 6.60. The third kappa shape index (κ3) is 3.13. The second kappa shape index (κ2) is 6.93. The van der Waals surface area contributed by atoms with Crippen LogP contribution < -0.4 is 4.74 Å². The first-order valence-electron chi connectivity index (χ1n) is 8.82. The van der Waals surface area contributed by atoms with Crippen LogP contribution in [0.5, 0.6) is 5.75 Å². The Balaban J connectivity index is 1.83. The Morgan fingerprint density at radius 1 is 0.897 bits per heavy atom. The van der Waals surface area contributed by atoms with Crippen LogP contribution in [0.3, 0.4) is 0 Å². The highest BCUT2D eigenvalue weighted by atomic mass is 19.4. The molecule has 1 unspecified atom stereocenters. The summed E-state index contributed by atoms with van der Waals surface area (Å²) in [6.45, 7) is 0. The van der Waals surface area contributed by atoms with Crippen molar-refractivity contribution in [3.8, 4) is 11.4 Å². The Kier molecular flexibility index (Phi) is 4.55. The first kappa shape index (κ1) is 19.0. The van der Waals surface area contributed by atoms with Gasteiger partial charge >= 0.3 is 6.18 Å². The van der Waals surface area contributed by atoms with Crippen LogP contribution in [0.4, 0.5) is 13.2 Å². The van der Waals surface area contributed by atoms with E-state index in [0.717, 1.165) is 5.69 Å². The summed E-state index contributed by atoms with van der Waals surface area (Å²) in [5, 5.41) is 15.5. The van der Waals surface area contributed by atoms with Crippen molar-refractivity contribution in [2.45, 2.75) is 11.8 Å². The molecule has 0 bridgehead atoms. The number of halogens is 3. The molecule has 1 aromatic heterocycles. The van der Waals surface area contributed by atoms with Gasteiger partial charge < -0.3 is 9.84 Å². The van der Waals surface area contributed by atoms with Crippen molar-refractivity contribution >= 4 is 10.9 Å². The maximum Gasteiger partial charge on any atom is 0.425 e. The smallest absolute Gasteiger partial charge is 0.425 e. The predicted octanol–water partition coefficient (Wildman–Crippen LogP) is 4.83. The quantitative estimate of drug-likeness (QED) is 0.536. The highest BCUT2D eigenvalue weighted by Gasteiger charge is 2.56. The van der Waals surface area contributed by atoms with Gasteiger partial charge in [-0.05, 0) is 47.5 Å². The number of fused-ring (bicyclic) bond motifs is 1. The van der Waals surface area contributed by atoms with Crippen LogP contribution in [0.15, 0.2) is 79.0 Å². The second-order valence-electron chi connectivity index (χ2n) is 6.60. The molecule has 0 radical (unpaired) electrons. The van der Waals surface area contributed by atoms with Crippen molar-refractivity contribution in [2.75, 3.05) is 7.11 Å². The van der Waals surface area contributed by atoms with Gasteiger partial charge in [-0.15, -0.1) is 0 Å². The largest absolute Gasteiger partial charge is 0.497 e. The molecule has 0 aliphatic heterocycles. The summed E-state index contributed by atoms with van der Waals surface area (Å²) in [5.41, 5.74) is -2.27. The fourth-order valence-corrected chi connectivity index (χ4v) is 3.36. The molecule has 4 rings (SSSR count). The molecule has 0 saturated heterocycles. The molecule has 1 N–H and O–H groups in total. The van der Waals surface area contributed by atoms with Crippen molar-refractivity contribution in [2.24, 2.45) is 0 Å². The lowest BCUT2D eigenvalue weighted by molar-refractivity contribution is -0.248. The zero-order chi connectivity index (χ0) is 20.6. The summed E-state index contributed by atoms with van der Waals surface area (Å²) in [4.78, 5) is 0. The van der Waals surface area contributed by atoms with E-state index in [4.69, 9.17) is 4.74 Å². The molecule has 1 heterocycles. The lowest BCUT2D eigenvalue weighted by Crippen LogP contribution is -2.43. The SMILES string of the molecule is COc1ccc(-n2ncc3cc(C(O)(c4ccccc4)C(F)(F)F)ccc32)cc1. The van der Waals surface area contributed by atoms with Crippen molar-refractivity contribution in [3.05, 3.63) is 90.1 Å². The van der Waals surface area contributed by atoms with Gasteiger partial charge in [0, 0.05) is 5.39 Å². The molecule has 0 spiro atoms. The fraction of sp³-hybridized carbons (Fsp3) is 0.136. The number of ether oxygens (including phenoxy) is 1. The molecule has 0 amide bonds. The maximum absolute atomic E-state index is 13.9. The molecule has 0 aliphatic rings. The molecule has 0 fully saturated rings. The summed E-state index contributed by atoms with van der Waals surface area (Å²) < 4.78 is 48.6. The van der Waals surface area contributed by atoms with Crippen LogP contribution in [0.1, 0.15) is 11.1 Å². The number of methoxy groups -OCH3 is 1. The molecule has 0 aliphatic carbocycles. The van der Waals surface area contributed by atoms with Gasteiger partial charge in [0.05, 0.1) is 24.5 Å². The van der Waals surface area contributed by atoms with Crippen LogP contribution >= 0.6 is 0 Å².